The smallest absolute Gasteiger partial charge is 0.339 e. The number of carbonyl (C=O) groups excluding carboxylic acids is 1. The Hall–Kier alpha value is -2.04. The van der Waals surface area contributed by atoms with Crippen molar-refractivity contribution in [3.63, 3.8) is 0 Å². The molecule has 0 atom stereocenters. The van der Waals surface area contributed by atoms with E-state index < -0.39 is 5.97 Å². The molecule has 0 aliphatic carbocycles. The van der Waals surface area contributed by atoms with Gasteiger partial charge < -0.3 is 9.84 Å². The van der Waals surface area contributed by atoms with E-state index in [4.69, 9.17) is 33.0 Å². The van der Waals surface area contributed by atoms with Crippen molar-refractivity contribution in [2.45, 2.75) is 0 Å². The van der Waals surface area contributed by atoms with Crippen molar-refractivity contribution >= 4 is 35.0 Å². The van der Waals surface area contributed by atoms with Gasteiger partial charge in [0.2, 0.25) is 5.78 Å². The highest BCUT2D eigenvalue weighted by molar-refractivity contribution is 6.36. The summed E-state index contributed by atoms with van der Waals surface area (Å²) in [6, 6.07) is 10.6. The molecule has 0 fully saturated rings. The van der Waals surface area contributed by atoms with Crippen LogP contribution < -0.4 is 4.74 Å². The quantitative estimate of drug-likeness (QED) is 0.846. The van der Waals surface area contributed by atoms with Gasteiger partial charge >= 0.3 is 5.97 Å². The number of carbonyl (C=O) groups is 2. The summed E-state index contributed by atoms with van der Waals surface area (Å²) >= 11 is 11.7. The molecule has 6 heteroatoms. The third-order valence-electron chi connectivity index (χ3n) is 2.71. The fourth-order valence-electron chi connectivity index (χ4n) is 1.70. The van der Waals surface area contributed by atoms with E-state index >= 15 is 0 Å². The van der Waals surface area contributed by atoms with Gasteiger partial charge in [-0.1, -0.05) is 35.3 Å². The Balaban J connectivity index is 2.15. The second kappa shape index (κ2) is 6.61. The van der Waals surface area contributed by atoms with Gasteiger partial charge in [-0.2, -0.15) is 0 Å². The molecule has 0 heterocycles. The lowest BCUT2D eigenvalue weighted by Crippen LogP contribution is -2.13. The summed E-state index contributed by atoms with van der Waals surface area (Å²) in [5.41, 5.74) is 0.222. The molecule has 21 heavy (non-hydrogen) atoms. The van der Waals surface area contributed by atoms with Gasteiger partial charge in [-0.15, -0.1) is 0 Å². The highest BCUT2D eigenvalue weighted by Gasteiger charge is 2.15. The van der Waals surface area contributed by atoms with Crippen LogP contribution in [-0.4, -0.2) is 23.5 Å². The predicted octanol–water partition coefficient (Wildman–Crippen LogP) is 3.95. The van der Waals surface area contributed by atoms with E-state index in [0.717, 1.165) is 0 Å². The molecule has 0 aromatic heterocycles. The molecule has 1 N–H and O–H groups in total. The predicted molar refractivity (Wildman–Crippen MR) is 79.7 cm³/mol. The maximum absolute atomic E-state index is 12.1. The highest BCUT2D eigenvalue weighted by atomic mass is 35.5. The van der Waals surface area contributed by atoms with E-state index in [-0.39, 0.29) is 34.3 Å². The number of para-hydroxylation sites is 1. The van der Waals surface area contributed by atoms with Crippen LogP contribution in [0.15, 0.2) is 42.5 Å². The van der Waals surface area contributed by atoms with Gasteiger partial charge in [0, 0.05) is 10.6 Å². The van der Waals surface area contributed by atoms with Crippen molar-refractivity contribution in [2.24, 2.45) is 0 Å². The van der Waals surface area contributed by atoms with E-state index in [2.05, 4.69) is 0 Å². The van der Waals surface area contributed by atoms with Crippen LogP contribution in [0.5, 0.6) is 5.75 Å². The topological polar surface area (TPSA) is 63.6 Å². The maximum atomic E-state index is 12.1. The number of rotatable bonds is 5. The van der Waals surface area contributed by atoms with Crippen LogP contribution in [0, 0.1) is 0 Å². The Morgan fingerprint density at radius 2 is 1.76 bits per heavy atom. The molecule has 2 rings (SSSR count). The molecule has 0 amide bonds. The number of aromatic carboxylic acids is 1. The third kappa shape index (κ3) is 3.74. The normalized spacial score (nSPS) is 10.2. The average Bonchev–Trinajstić information content (AvgIpc) is 2.47. The molecule has 0 unspecified atom stereocenters. The Morgan fingerprint density at radius 3 is 2.48 bits per heavy atom. The summed E-state index contributed by atoms with van der Waals surface area (Å²) in [7, 11) is 0. The number of ketones is 1. The minimum absolute atomic E-state index is 0.0116. The maximum Gasteiger partial charge on any atom is 0.339 e. The molecule has 0 radical (unpaired) electrons. The van der Waals surface area contributed by atoms with E-state index in [1.807, 2.05) is 0 Å². The van der Waals surface area contributed by atoms with Crippen molar-refractivity contribution < 1.29 is 19.4 Å². The molecule has 0 aliphatic heterocycles. The van der Waals surface area contributed by atoms with E-state index in [9.17, 15) is 9.59 Å². The second-order valence-corrected chi connectivity index (χ2v) is 4.98. The fraction of sp³-hybridized carbons (Fsp3) is 0.0667. The van der Waals surface area contributed by atoms with Crippen molar-refractivity contribution in [3.8, 4) is 5.75 Å². The number of carboxylic acid groups (broad SMARTS) is 1. The van der Waals surface area contributed by atoms with E-state index in [1.54, 1.807) is 18.2 Å². The largest absolute Gasteiger partial charge is 0.485 e. The first kappa shape index (κ1) is 15.4. The highest BCUT2D eigenvalue weighted by Crippen LogP contribution is 2.22. The molecular weight excluding hydrogens is 315 g/mol. The summed E-state index contributed by atoms with van der Waals surface area (Å²) in [5.74, 6) is -1.39. The van der Waals surface area contributed by atoms with Gasteiger partial charge in [-0.05, 0) is 30.3 Å². The molecule has 0 spiro atoms. The van der Waals surface area contributed by atoms with Crippen molar-refractivity contribution in [2.75, 3.05) is 6.61 Å². The number of hydrogen-bond acceptors (Lipinski definition) is 3. The van der Waals surface area contributed by atoms with Crippen LogP contribution in [0.2, 0.25) is 10.0 Å². The van der Waals surface area contributed by atoms with Crippen molar-refractivity contribution in [1.29, 1.82) is 0 Å². The number of hydrogen-bond donors (Lipinski definition) is 1. The third-order valence-corrected chi connectivity index (χ3v) is 3.27. The molecule has 2 aromatic rings. The van der Waals surface area contributed by atoms with Crippen LogP contribution in [0.4, 0.5) is 0 Å². The summed E-state index contributed by atoms with van der Waals surface area (Å²) < 4.78 is 5.28. The Morgan fingerprint density at radius 1 is 1.05 bits per heavy atom. The Labute approximate surface area is 130 Å². The van der Waals surface area contributed by atoms with Gasteiger partial charge in [0.1, 0.15) is 11.3 Å². The molecule has 4 nitrogen and oxygen atoms in total. The minimum atomic E-state index is -1.13. The lowest BCUT2D eigenvalue weighted by molar-refractivity contribution is 0.0689. The second-order valence-electron chi connectivity index (χ2n) is 4.14. The van der Waals surface area contributed by atoms with Crippen LogP contribution in [0.1, 0.15) is 20.7 Å². The SMILES string of the molecule is O=C(COc1ccccc1C(=O)O)c1cc(Cl)ccc1Cl. The fourth-order valence-corrected chi connectivity index (χ4v) is 2.10. The van der Waals surface area contributed by atoms with Crippen LogP contribution >= 0.6 is 23.2 Å². The van der Waals surface area contributed by atoms with Gasteiger partial charge in [0.25, 0.3) is 0 Å². The average molecular weight is 325 g/mol. The first-order chi connectivity index (χ1) is 9.99. The monoisotopic (exact) mass is 324 g/mol. The summed E-state index contributed by atoms with van der Waals surface area (Å²) in [4.78, 5) is 23.1. The van der Waals surface area contributed by atoms with Gasteiger partial charge in [-0.3, -0.25) is 4.79 Å². The Kier molecular flexibility index (Phi) is 4.83. The first-order valence-electron chi connectivity index (χ1n) is 5.92. The minimum Gasteiger partial charge on any atom is -0.485 e. The van der Waals surface area contributed by atoms with Crippen LogP contribution in [-0.2, 0) is 0 Å². The molecule has 0 bridgehead atoms. The number of benzene rings is 2. The lowest BCUT2D eigenvalue weighted by Gasteiger charge is -2.09. The first-order valence-corrected chi connectivity index (χ1v) is 6.68. The van der Waals surface area contributed by atoms with E-state index in [1.165, 1.54) is 24.3 Å². The van der Waals surface area contributed by atoms with Gasteiger partial charge in [0.05, 0.1) is 5.02 Å². The van der Waals surface area contributed by atoms with E-state index in [0.29, 0.717) is 5.02 Å². The summed E-state index contributed by atoms with van der Waals surface area (Å²) in [6.45, 7) is -0.329. The van der Waals surface area contributed by atoms with Crippen LogP contribution in [0.3, 0.4) is 0 Å². The van der Waals surface area contributed by atoms with Gasteiger partial charge in [-0.25, -0.2) is 4.79 Å². The molecular formula is C15H10Cl2O4. The zero-order valence-electron chi connectivity index (χ0n) is 10.7. The summed E-state index contributed by atoms with van der Waals surface area (Å²) in [5, 5.41) is 9.67. The van der Waals surface area contributed by atoms with Crippen molar-refractivity contribution in [1.82, 2.24) is 0 Å². The zero-order chi connectivity index (χ0) is 15.4. The molecule has 2 aromatic carbocycles. The zero-order valence-corrected chi connectivity index (χ0v) is 12.2. The lowest BCUT2D eigenvalue weighted by atomic mass is 10.1. The van der Waals surface area contributed by atoms with Crippen molar-refractivity contribution in [3.05, 3.63) is 63.6 Å². The van der Waals surface area contributed by atoms with Crippen LogP contribution in [0.25, 0.3) is 0 Å². The molecule has 0 aliphatic rings. The molecule has 108 valence electrons. The number of ether oxygens (including phenoxy) is 1. The standard InChI is InChI=1S/C15H10Cl2O4/c16-9-5-6-12(17)11(7-9)13(18)8-21-14-4-2-1-3-10(14)15(19)20/h1-7H,8H2,(H,19,20). The number of carboxylic acids is 1. The molecule has 0 saturated carbocycles. The number of Topliss-reactive ketones (excluding diaryl/α,β-unsaturated/α-hetero) is 1. The summed E-state index contributed by atoms with van der Waals surface area (Å²) in [6.07, 6.45) is 0. The molecule has 0 saturated heterocycles. The Bertz CT molecular complexity index is 698. The van der Waals surface area contributed by atoms with Gasteiger partial charge in [0.15, 0.2) is 6.61 Å². The number of halogens is 2.